The third-order valence-corrected chi connectivity index (χ3v) is 1.31. The molecular weight excluding hydrogens is 128 g/mol. The second kappa shape index (κ2) is 6.53. The molecule has 0 aliphatic rings. The van der Waals surface area contributed by atoms with E-state index in [0.717, 1.165) is 18.2 Å². The van der Waals surface area contributed by atoms with Crippen molar-refractivity contribution in [1.82, 2.24) is 0 Å². The van der Waals surface area contributed by atoms with Gasteiger partial charge in [0.15, 0.2) is 0 Å². The number of hydrogen-bond donors (Lipinski definition) is 1. The third kappa shape index (κ3) is 4.30. The summed E-state index contributed by atoms with van der Waals surface area (Å²) in [6, 6.07) is 2.03. The van der Waals surface area contributed by atoms with Crippen molar-refractivity contribution >= 4 is 0 Å². The fourth-order valence-electron chi connectivity index (χ4n) is 0.695. The van der Waals surface area contributed by atoms with Gasteiger partial charge in [-0.25, -0.2) is 4.84 Å². The second-order valence-corrected chi connectivity index (χ2v) is 2.00. The lowest BCUT2D eigenvalue weighted by Gasteiger charge is -2.11. The van der Waals surface area contributed by atoms with Crippen LogP contribution in [0.5, 0.6) is 0 Å². The van der Waals surface area contributed by atoms with Gasteiger partial charge in [-0.3, -0.25) is 0 Å². The Hall–Kier alpha value is -0.590. The highest BCUT2D eigenvalue weighted by atomic mass is 16.7. The molecule has 0 fully saturated rings. The minimum absolute atomic E-state index is 0.490. The van der Waals surface area contributed by atoms with E-state index in [1.165, 1.54) is 0 Å². The molecule has 0 saturated carbocycles. The fourth-order valence-corrected chi connectivity index (χ4v) is 0.695. The molecule has 0 unspecified atom stereocenters. The van der Waals surface area contributed by atoms with Crippen molar-refractivity contribution in [2.24, 2.45) is 0 Å². The summed E-state index contributed by atoms with van der Waals surface area (Å²) in [6.45, 7) is 6.59. The monoisotopic (exact) mass is 143 g/mol. The quantitative estimate of drug-likeness (QED) is 0.426. The van der Waals surface area contributed by atoms with Crippen LogP contribution >= 0.6 is 0 Å². The Balaban J connectivity index is 3.19. The molecule has 0 aromatic heterocycles. The minimum Gasteiger partial charge on any atom is -0.204 e. The summed E-state index contributed by atoms with van der Waals surface area (Å²) in [7, 11) is 0. The molecule has 0 aromatic rings. The summed E-state index contributed by atoms with van der Waals surface area (Å²) in [6.07, 6.45) is 0.490. The van der Waals surface area contributed by atoms with Crippen LogP contribution in [0, 0.1) is 11.3 Å². The van der Waals surface area contributed by atoms with Gasteiger partial charge in [-0.05, 0) is 13.8 Å². The number of nitrogens with zero attached hydrogens (tertiary/aromatic N) is 1. The van der Waals surface area contributed by atoms with Gasteiger partial charge in [0.1, 0.15) is 19.7 Å². The van der Waals surface area contributed by atoms with Crippen molar-refractivity contribution in [3.05, 3.63) is 0 Å². The molecule has 0 aromatic carbocycles. The molecule has 3 heteroatoms. The Morgan fingerprint density at radius 3 is 2.40 bits per heavy atom. The molecular formula is C7H15N2O+. The van der Waals surface area contributed by atoms with Crippen molar-refractivity contribution in [3.8, 4) is 6.07 Å². The maximum absolute atomic E-state index is 8.19. The molecule has 0 spiro atoms. The zero-order valence-electron chi connectivity index (χ0n) is 6.68. The maximum Gasteiger partial charge on any atom is 0.119 e. The Morgan fingerprint density at radius 1 is 1.40 bits per heavy atom. The van der Waals surface area contributed by atoms with Gasteiger partial charge in [0.25, 0.3) is 0 Å². The van der Waals surface area contributed by atoms with Crippen LogP contribution in [-0.2, 0) is 4.84 Å². The average Bonchev–Trinajstić information content (AvgIpc) is 1.99. The van der Waals surface area contributed by atoms with E-state index in [0.29, 0.717) is 13.0 Å². The van der Waals surface area contributed by atoms with Crippen molar-refractivity contribution in [3.63, 3.8) is 0 Å². The average molecular weight is 143 g/mol. The predicted octanol–water partition coefficient (Wildman–Crippen LogP) is -0.244. The topological polar surface area (TPSA) is 37.5 Å². The molecule has 0 amide bonds. The Bertz CT molecular complexity index is 105. The molecule has 0 saturated heterocycles. The van der Waals surface area contributed by atoms with Crippen molar-refractivity contribution in [2.45, 2.75) is 20.3 Å². The van der Waals surface area contributed by atoms with Gasteiger partial charge in [-0.15, -0.1) is 0 Å². The first-order chi connectivity index (χ1) is 4.85. The Kier molecular flexibility index (Phi) is 6.14. The summed E-state index contributed by atoms with van der Waals surface area (Å²) in [5.74, 6) is 0. The zero-order chi connectivity index (χ0) is 7.82. The molecule has 0 aliphatic carbocycles. The molecule has 0 atom stereocenters. The van der Waals surface area contributed by atoms with E-state index < -0.39 is 0 Å². The van der Waals surface area contributed by atoms with Crippen LogP contribution in [0.25, 0.3) is 0 Å². The molecule has 58 valence electrons. The number of nitriles is 1. The van der Waals surface area contributed by atoms with Crippen LogP contribution in [0.4, 0.5) is 0 Å². The maximum atomic E-state index is 8.19. The van der Waals surface area contributed by atoms with Crippen molar-refractivity contribution in [2.75, 3.05) is 19.7 Å². The van der Waals surface area contributed by atoms with E-state index >= 15 is 0 Å². The van der Waals surface area contributed by atoms with E-state index in [1.54, 1.807) is 0 Å². The van der Waals surface area contributed by atoms with E-state index in [1.807, 2.05) is 6.07 Å². The molecule has 0 aliphatic heterocycles. The number of quaternary nitrogens is 1. The normalized spacial score (nSPS) is 9.80. The minimum atomic E-state index is 0.490. The molecule has 0 bridgehead atoms. The highest BCUT2D eigenvalue weighted by molar-refractivity contribution is 4.66. The van der Waals surface area contributed by atoms with Gasteiger partial charge < -0.3 is 0 Å². The van der Waals surface area contributed by atoms with Crippen LogP contribution in [0.1, 0.15) is 20.3 Å². The molecule has 0 rings (SSSR count). The summed E-state index contributed by atoms with van der Waals surface area (Å²) < 4.78 is 0. The Labute approximate surface area is 62.1 Å². The molecule has 10 heavy (non-hydrogen) atoms. The lowest BCUT2D eigenvalue weighted by molar-refractivity contribution is -1.09. The van der Waals surface area contributed by atoms with Crippen LogP contribution < -0.4 is 5.06 Å². The summed E-state index contributed by atoms with van der Waals surface area (Å²) in [5, 5.41) is 9.28. The lowest BCUT2D eigenvalue weighted by atomic mass is 10.5. The standard InChI is InChI=1S/C7H14N2O/c1-3-9(4-2)10-7-5-6-8/h3-5,7H2,1-2H3/p+1. The second-order valence-electron chi connectivity index (χ2n) is 2.00. The SMILES string of the molecule is CC[NH+](CC)OCCC#N. The first kappa shape index (κ1) is 9.41. The summed E-state index contributed by atoms with van der Waals surface area (Å²) in [5.41, 5.74) is 0. The lowest BCUT2D eigenvalue weighted by Crippen LogP contribution is -3.10. The highest BCUT2D eigenvalue weighted by Crippen LogP contribution is 1.70. The van der Waals surface area contributed by atoms with Crippen LogP contribution in [0.2, 0.25) is 0 Å². The highest BCUT2D eigenvalue weighted by Gasteiger charge is 2.00. The van der Waals surface area contributed by atoms with Gasteiger partial charge in [-0.2, -0.15) is 10.3 Å². The largest absolute Gasteiger partial charge is 0.204 e. The number of rotatable bonds is 5. The summed E-state index contributed by atoms with van der Waals surface area (Å²) in [4.78, 5) is 5.28. The van der Waals surface area contributed by atoms with Gasteiger partial charge >= 0.3 is 0 Å². The number of nitrogens with one attached hydrogen (secondary N) is 1. The van der Waals surface area contributed by atoms with Gasteiger partial charge in [0, 0.05) is 0 Å². The third-order valence-electron chi connectivity index (χ3n) is 1.31. The van der Waals surface area contributed by atoms with Gasteiger partial charge in [-0.1, -0.05) is 0 Å². The molecule has 1 N–H and O–H groups in total. The number of hydroxylamine groups is 2. The molecule has 3 nitrogen and oxygen atoms in total. The van der Waals surface area contributed by atoms with E-state index in [2.05, 4.69) is 13.8 Å². The van der Waals surface area contributed by atoms with Crippen LogP contribution in [0.15, 0.2) is 0 Å². The Morgan fingerprint density at radius 2 is 2.00 bits per heavy atom. The van der Waals surface area contributed by atoms with Crippen LogP contribution in [-0.4, -0.2) is 19.7 Å². The van der Waals surface area contributed by atoms with Crippen molar-refractivity contribution in [1.29, 1.82) is 5.26 Å². The zero-order valence-corrected chi connectivity index (χ0v) is 6.68. The van der Waals surface area contributed by atoms with E-state index in [4.69, 9.17) is 10.1 Å². The molecule has 0 heterocycles. The first-order valence-electron chi connectivity index (χ1n) is 3.69. The van der Waals surface area contributed by atoms with E-state index in [9.17, 15) is 0 Å². The molecule has 0 radical (unpaired) electrons. The van der Waals surface area contributed by atoms with E-state index in [-0.39, 0.29) is 0 Å². The predicted molar refractivity (Wildman–Crippen MR) is 38.2 cm³/mol. The smallest absolute Gasteiger partial charge is 0.119 e. The summed E-state index contributed by atoms with van der Waals surface area (Å²) >= 11 is 0. The first-order valence-corrected chi connectivity index (χ1v) is 3.69. The fraction of sp³-hybridized carbons (Fsp3) is 0.857. The van der Waals surface area contributed by atoms with Crippen LogP contribution in [0.3, 0.4) is 0 Å². The van der Waals surface area contributed by atoms with Crippen molar-refractivity contribution < 1.29 is 9.90 Å². The number of hydrogen-bond acceptors (Lipinski definition) is 2. The van der Waals surface area contributed by atoms with Gasteiger partial charge in [0.2, 0.25) is 0 Å². The van der Waals surface area contributed by atoms with Gasteiger partial charge in [0.05, 0.1) is 12.5 Å².